The predicted molar refractivity (Wildman–Crippen MR) is 46.7 cm³/mol. The Morgan fingerprint density at radius 2 is 1.62 bits per heavy atom. The predicted octanol–water partition coefficient (Wildman–Crippen LogP) is 2.04. The van der Waals surface area contributed by atoms with Crippen LogP contribution in [0, 0.1) is 49.4 Å². The molecule has 0 fully saturated rings. The summed E-state index contributed by atoms with van der Waals surface area (Å²) in [6.07, 6.45) is 0. The normalized spacial score (nSPS) is 10.4. The number of halogens is 3. The Bertz CT molecular complexity index is 379. The number of benzene rings is 1. The Labute approximate surface area is 131 Å². The van der Waals surface area contributed by atoms with Crippen LogP contribution >= 0.6 is 0 Å². The van der Waals surface area contributed by atoms with Crippen molar-refractivity contribution >= 4 is 11.6 Å². The van der Waals surface area contributed by atoms with Crippen molar-refractivity contribution in [1.29, 1.82) is 0 Å². The minimum Gasteiger partial charge on any atom is -0.289 e. The molecule has 2 nitrogen and oxygen atoms in total. The topological polar surface area (TPSA) is 34.1 Å². The number of Topliss-reactive ketones (excluding diaryl/α,β-unsaturated/α-hetero) is 2. The van der Waals surface area contributed by atoms with Crippen molar-refractivity contribution in [3.8, 4) is 0 Å². The number of carbonyl (C=O) groups is 2. The molecule has 0 aliphatic rings. The van der Waals surface area contributed by atoms with Crippen LogP contribution in [0.3, 0.4) is 0 Å². The fourth-order valence-electron chi connectivity index (χ4n) is 0.981. The fraction of sp³-hybridized carbons (Fsp3) is 0.200. The third-order valence-electron chi connectivity index (χ3n) is 1.79. The second kappa shape index (κ2) is 6.62. The van der Waals surface area contributed by atoms with Gasteiger partial charge in [0.2, 0.25) is 11.6 Å². The van der Waals surface area contributed by atoms with E-state index in [-0.39, 0.29) is 54.9 Å². The summed E-state index contributed by atoms with van der Waals surface area (Å²) >= 11 is 0. The van der Waals surface area contributed by atoms with Crippen LogP contribution in [0.4, 0.5) is 13.2 Å². The van der Waals surface area contributed by atoms with E-state index in [2.05, 4.69) is 0 Å². The van der Waals surface area contributed by atoms with Gasteiger partial charge in [-0.15, -0.1) is 0 Å². The van der Waals surface area contributed by atoms with E-state index in [1.807, 2.05) is 0 Å². The Kier molecular flexibility index (Phi) is 6.59. The van der Waals surface area contributed by atoms with Crippen LogP contribution < -0.4 is 0 Å². The summed E-state index contributed by atoms with van der Waals surface area (Å²) in [7, 11) is 0. The monoisotopic (exact) mass is 369 g/mol. The standard InChI is InChI=1S/C10H7F3O2.Eu/c11-6-8(14)10(12,13)9(15)7-4-2-1-3-5-7;/h1-5H,6H2;. The first-order valence-corrected chi connectivity index (χ1v) is 4.07. The van der Waals surface area contributed by atoms with Gasteiger partial charge in [0.1, 0.15) is 0 Å². The molecule has 1 rings (SSSR count). The van der Waals surface area contributed by atoms with Crippen LogP contribution in [0.2, 0.25) is 0 Å². The molecule has 0 N–H and O–H groups in total. The number of ketones is 2. The number of rotatable bonds is 4. The molecule has 0 atom stereocenters. The fourth-order valence-corrected chi connectivity index (χ4v) is 0.981. The van der Waals surface area contributed by atoms with Crippen molar-refractivity contribution in [1.82, 2.24) is 0 Å². The van der Waals surface area contributed by atoms with Crippen molar-refractivity contribution in [2.45, 2.75) is 5.92 Å². The molecule has 0 saturated carbocycles. The molecule has 87 valence electrons. The summed E-state index contributed by atoms with van der Waals surface area (Å²) in [6.45, 7) is -1.86. The van der Waals surface area contributed by atoms with Gasteiger partial charge in [-0.25, -0.2) is 4.39 Å². The molecule has 0 amide bonds. The SMILES string of the molecule is O=C(CF)C(F)(F)C(=O)c1ccccc1.[Eu]. The first-order chi connectivity index (χ1) is 7.00. The number of hydrogen-bond acceptors (Lipinski definition) is 2. The van der Waals surface area contributed by atoms with Crippen molar-refractivity contribution in [2.24, 2.45) is 0 Å². The summed E-state index contributed by atoms with van der Waals surface area (Å²) in [5.41, 5.74) is -0.315. The van der Waals surface area contributed by atoms with E-state index in [1.165, 1.54) is 18.2 Å². The maximum Gasteiger partial charge on any atom is 0.369 e. The van der Waals surface area contributed by atoms with Crippen molar-refractivity contribution in [2.75, 3.05) is 6.67 Å². The molecule has 6 heteroatoms. The zero-order chi connectivity index (χ0) is 11.5. The van der Waals surface area contributed by atoms with Crippen LogP contribution in [0.1, 0.15) is 10.4 Å². The molecule has 0 aromatic heterocycles. The van der Waals surface area contributed by atoms with Crippen LogP contribution in [0.25, 0.3) is 0 Å². The summed E-state index contributed by atoms with van der Waals surface area (Å²) in [4.78, 5) is 21.6. The Hall–Kier alpha value is -0.0656. The third-order valence-corrected chi connectivity index (χ3v) is 1.79. The zero-order valence-corrected chi connectivity index (χ0v) is 10.3. The summed E-state index contributed by atoms with van der Waals surface area (Å²) in [5.74, 6) is -7.97. The van der Waals surface area contributed by atoms with Gasteiger partial charge in [0, 0.05) is 54.9 Å². The Morgan fingerprint density at radius 1 is 1.12 bits per heavy atom. The maximum absolute atomic E-state index is 13.0. The molecule has 0 aliphatic carbocycles. The van der Waals surface area contributed by atoms with Gasteiger partial charge < -0.3 is 0 Å². The van der Waals surface area contributed by atoms with Gasteiger partial charge in [-0.05, 0) is 0 Å². The smallest absolute Gasteiger partial charge is 0.289 e. The second-order valence-electron chi connectivity index (χ2n) is 2.83. The average molecular weight is 368 g/mol. The first-order valence-electron chi connectivity index (χ1n) is 4.07. The molecule has 1 aromatic rings. The summed E-state index contributed by atoms with van der Waals surface area (Å²) < 4.78 is 37.7. The molecule has 0 unspecified atom stereocenters. The van der Waals surface area contributed by atoms with Crippen molar-refractivity contribution < 1.29 is 72.1 Å². The van der Waals surface area contributed by atoms with Gasteiger partial charge in [0.15, 0.2) is 6.67 Å². The van der Waals surface area contributed by atoms with Crippen LogP contribution in [-0.2, 0) is 4.79 Å². The maximum atomic E-state index is 13.0. The third kappa shape index (κ3) is 3.47. The van der Waals surface area contributed by atoms with Gasteiger partial charge in [-0.3, -0.25) is 9.59 Å². The van der Waals surface area contributed by atoms with E-state index in [0.717, 1.165) is 12.1 Å². The summed E-state index contributed by atoms with van der Waals surface area (Å²) in [5, 5.41) is 0. The van der Waals surface area contributed by atoms with E-state index in [4.69, 9.17) is 0 Å². The largest absolute Gasteiger partial charge is 0.369 e. The first kappa shape index (κ1) is 15.9. The van der Waals surface area contributed by atoms with Crippen LogP contribution in [0.5, 0.6) is 0 Å². The van der Waals surface area contributed by atoms with Gasteiger partial charge in [0.05, 0.1) is 0 Å². The Morgan fingerprint density at radius 3 is 2.06 bits per heavy atom. The zero-order valence-electron chi connectivity index (χ0n) is 7.92. The van der Waals surface area contributed by atoms with Gasteiger partial charge in [0.25, 0.3) is 0 Å². The van der Waals surface area contributed by atoms with Crippen LogP contribution in [0.15, 0.2) is 30.3 Å². The molecule has 0 heterocycles. The number of alkyl halides is 3. The quantitative estimate of drug-likeness (QED) is 0.602. The number of carbonyl (C=O) groups excluding carboxylic acids is 2. The molecule has 1 radical (unpaired) electrons. The van der Waals surface area contributed by atoms with E-state index in [9.17, 15) is 22.8 Å². The minimum absolute atomic E-state index is 0. The number of hydrogen-bond donors (Lipinski definition) is 0. The minimum atomic E-state index is -4.28. The van der Waals surface area contributed by atoms with Crippen LogP contribution in [-0.4, -0.2) is 24.2 Å². The molecule has 16 heavy (non-hydrogen) atoms. The average Bonchev–Trinajstić information content (AvgIpc) is 2.28. The van der Waals surface area contributed by atoms with E-state index in [0.29, 0.717) is 0 Å². The van der Waals surface area contributed by atoms with Gasteiger partial charge in [-0.1, -0.05) is 30.3 Å². The van der Waals surface area contributed by atoms with Gasteiger partial charge >= 0.3 is 5.92 Å². The van der Waals surface area contributed by atoms with E-state index >= 15 is 0 Å². The molecule has 1 aromatic carbocycles. The van der Waals surface area contributed by atoms with Crippen molar-refractivity contribution in [3.05, 3.63) is 35.9 Å². The van der Waals surface area contributed by atoms with E-state index in [1.54, 1.807) is 0 Å². The van der Waals surface area contributed by atoms with Gasteiger partial charge in [-0.2, -0.15) is 8.78 Å². The van der Waals surface area contributed by atoms with Crippen molar-refractivity contribution in [3.63, 3.8) is 0 Å². The molecule has 0 aliphatic heterocycles. The molecular weight excluding hydrogens is 361 g/mol. The molecular formula is C10H7EuF3O2. The molecule has 0 saturated heterocycles. The van der Waals surface area contributed by atoms with E-state index < -0.39 is 24.2 Å². The Balaban J connectivity index is 0.00000225. The second-order valence-corrected chi connectivity index (χ2v) is 2.83. The molecule has 0 bridgehead atoms. The molecule has 0 spiro atoms. The summed E-state index contributed by atoms with van der Waals surface area (Å²) in [6, 6.07) is 6.57.